The number of rotatable bonds is 3. The lowest BCUT2D eigenvalue weighted by atomic mass is 10.1. The van der Waals surface area contributed by atoms with E-state index in [2.05, 4.69) is 15.9 Å². The van der Waals surface area contributed by atoms with Gasteiger partial charge in [0.2, 0.25) is 0 Å². The number of likely N-dealkylation sites (tertiary alicyclic amines) is 1. The summed E-state index contributed by atoms with van der Waals surface area (Å²) in [5, 5.41) is 9.21. The molecule has 1 N–H and O–H groups in total. The van der Waals surface area contributed by atoms with Crippen LogP contribution in [0.25, 0.3) is 0 Å². The first-order valence-corrected chi connectivity index (χ1v) is 7.49. The van der Waals surface area contributed by atoms with Gasteiger partial charge in [0.1, 0.15) is 19.3 Å². The number of fused-ring (bicyclic) bond motifs is 1. The maximum Gasteiger partial charge on any atom is 0.320 e. The van der Waals surface area contributed by atoms with Gasteiger partial charge in [-0.2, -0.15) is 0 Å². The zero-order chi connectivity index (χ0) is 14.1. The Morgan fingerprint density at radius 1 is 1.40 bits per heavy atom. The fraction of sp³-hybridized carbons (Fsp3) is 0.500. The third-order valence-electron chi connectivity index (χ3n) is 3.69. The molecule has 0 spiro atoms. The molecule has 0 amide bonds. The zero-order valence-electron chi connectivity index (χ0n) is 11.0. The number of carboxylic acids is 1. The summed E-state index contributed by atoms with van der Waals surface area (Å²) in [6, 6.07) is 3.54. The van der Waals surface area contributed by atoms with Gasteiger partial charge < -0.3 is 14.6 Å². The molecule has 0 aromatic heterocycles. The summed E-state index contributed by atoms with van der Waals surface area (Å²) in [5.41, 5.74) is 1.04. The highest BCUT2D eigenvalue weighted by atomic mass is 79.9. The molecular formula is C14H16BrNO4. The first kappa shape index (κ1) is 13.7. The van der Waals surface area contributed by atoms with Gasteiger partial charge in [0.25, 0.3) is 0 Å². The van der Waals surface area contributed by atoms with Gasteiger partial charge in [0, 0.05) is 6.54 Å². The Hall–Kier alpha value is -1.27. The minimum atomic E-state index is -0.737. The Labute approximate surface area is 125 Å². The van der Waals surface area contributed by atoms with Crippen molar-refractivity contribution in [2.75, 3.05) is 19.8 Å². The molecule has 5 nitrogen and oxygen atoms in total. The Balaban J connectivity index is 1.81. The van der Waals surface area contributed by atoms with Crippen LogP contribution in [0.4, 0.5) is 0 Å². The summed E-state index contributed by atoms with van der Waals surface area (Å²) in [7, 11) is 0. The van der Waals surface area contributed by atoms with Crippen LogP contribution in [0.5, 0.6) is 11.5 Å². The first-order valence-electron chi connectivity index (χ1n) is 6.70. The number of halogens is 1. The van der Waals surface area contributed by atoms with Gasteiger partial charge in [-0.1, -0.05) is 0 Å². The molecule has 0 bridgehead atoms. The lowest BCUT2D eigenvalue weighted by Crippen LogP contribution is -2.35. The fourth-order valence-electron chi connectivity index (χ4n) is 2.79. The normalized spacial score (nSPS) is 21.9. The molecular weight excluding hydrogens is 326 g/mol. The van der Waals surface area contributed by atoms with Crippen LogP contribution in [0.2, 0.25) is 0 Å². The van der Waals surface area contributed by atoms with Crippen molar-refractivity contribution < 1.29 is 19.4 Å². The van der Waals surface area contributed by atoms with Crippen LogP contribution in [-0.4, -0.2) is 41.8 Å². The van der Waals surface area contributed by atoms with Crippen LogP contribution < -0.4 is 9.47 Å². The van der Waals surface area contributed by atoms with Crippen LogP contribution in [0.15, 0.2) is 16.6 Å². The molecule has 1 aromatic carbocycles. The lowest BCUT2D eigenvalue weighted by Gasteiger charge is -2.24. The molecule has 3 rings (SSSR count). The van der Waals surface area contributed by atoms with Crippen LogP contribution in [0.1, 0.15) is 18.4 Å². The van der Waals surface area contributed by atoms with E-state index in [-0.39, 0.29) is 6.04 Å². The average Bonchev–Trinajstić information content (AvgIpc) is 2.87. The van der Waals surface area contributed by atoms with E-state index in [0.717, 1.165) is 40.9 Å². The molecule has 1 fully saturated rings. The second-order valence-corrected chi connectivity index (χ2v) is 5.92. The molecule has 0 aliphatic carbocycles. The van der Waals surface area contributed by atoms with Crippen molar-refractivity contribution in [3.05, 3.63) is 22.2 Å². The number of ether oxygens (including phenoxy) is 2. The SMILES string of the molecule is O=C(O)C1CCCN1Cc1cc(Br)c2c(c1)OCCO2. The van der Waals surface area contributed by atoms with Crippen molar-refractivity contribution in [2.45, 2.75) is 25.4 Å². The molecule has 20 heavy (non-hydrogen) atoms. The maximum atomic E-state index is 11.2. The number of benzene rings is 1. The predicted molar refractivity (Wildman–Crippen MR) is 76.2 cm³/mol. The molecule has 108 valence electrons. The van der Waals surface area contributed by atoms with E-state index in [1.54, 1.807) is 0 Å². The van der Waals surface area contributed by atoms with Crippen molar-refractivity contribution in [1.29, 1.82) is 0 Å². The van der Waals surface area contributed by atoms with Gasteiger partial charge in [-0.05, 0) is 53.0 Å². The minimum Gasteiger partial charge on any atom is -0.486 e. The third-order valence-corrected chi connectivity index (χ3v) is 4.28. The summed E-state index contributed by atoms with van der Waals surface area (Å²) in [4.78, 5) is 13.2. The van der Waals surface area contributed by atoms with Gasteiger partial charge in [-0.15, -0.1) is 0 Å². The summed E-state index contributed by atoms with van der Waals surface area (Å²) >= 11 is 3.49. The van der Waals surface area contributed by atoms with E-state index in [1.807, 2.05) is 17.0 Å². The fourth-order valence-corrected chi connectivity index (χ4v) is 3.39. The van der Waals surface area contributed by atoms with E-state index in [4.69, 9.17) is 9.47 Å². The van der Waals surface area contributed by atoms with E-state index < -0.39 is 5.97 Å². The van der Waals surface area contributed by atoms with Gasteiger partial charge in [0.05, 0.1) is 4.47 Å². The molecule has 2 heterocycles. The average molecular weight is 342 g/mol. The molecule has 1 atom stereocenters. The highest BCUT2D eigenvalue weighted by molar-refractivity contribution is 9.10. The van der Waals surface area contributed by atoms with Crippen LogP contribution in [-0.2, 0) is 11.3 Å². The van der Waals surface area contributed by atoms with E-state index >= 15 is 0 Å². The molecule has 2 aliphatic rings. The number of carbonyl (C=O) groups is 1. The van der Waals surface area contributed by atoms with Crippen molar-refractivity contribution in [3.63, 3.8) is 0 Å². The molecule has 1 saturated heterocycles. The molecule has 1 aromatic rings. The number of nitrogens with zero attached hydrogens (tertiary/aromatic N) is 1. The molecule has 0 radical (unpaired) electrons. The molecule has 0 saturated carbocycles. The van der Waals surface area contributed by atoms with Crippen LogP contribution >= 0.6 is 15.9 Å². The van der Waals surface area contributed by atoms with Gasteiger partial charge >= 0.3 is 5.97 Å². The summed E-state index contributed by atoms with van der Waals surface area (Å²) in [5.74, 6) is 0.724. The Kier molecular flexibility index (Phi) is 3.85. The largest absolute Gasteiger partial charge is 0.486 e. The predicted octanol–water partition coefficient (Wildman–Crippen LogP) is 2.27. The Morgan fingerprint density at radius 3 is 3.00 bits per heavy atom. The van der Waals surface area contributed by atoms with Crippen LogP contribution in [0.3, 0.4) is 0 Å². The third kappa shape index (κ3) is 2.62. The zero-order valence-corrected chi connectivity index (χ0v) is 12.6. The minimum absolute atomic E-state index is 0.373. The molecule has 6 heteroatoms. The summed E-state index contributed by atoms with van der Waals surface area (Å²) in [6.45, 7) is 2.54. The van der Waals surface area contributed by atoms with E-state index in [9.17, 15) is 9.90 Å². The van der Waals surface area contributed by atoms with Crippen LogP contribution in [0, 0.1) is 0 Å². The second kappa shape index (κ2) is 5.61. The van der Waals surface area contributed by atoms with Gasteiger partial charge in [0.15, 0.2) is 11.5 Å². The van der Waals surface area contributed by atoms with Gasteiger partial charge in [-0.3, -0.25) is 9.69 Å². The molecule has 2 aliphatic heterocycles. The smallest absolute Gasteiger partial charge is 0.320 e. The quantitative estimate of drug-likeness (QED) is 0.913. The number of hydrogen-bond donors (Lipinski definition) is 1. The lowest BCUT2D eigenvalue weighted by molar-refractivity contribution is -0.142. The standard InChI is InChI=1S/C14H16BrNO4/c15-10-6-9(7-12-13(10)20-5-4-19-12)8-16-3-1-2-11(16)14(17)18/h6-7,11H,1-5,8H2,(H,17,18). The van der Waals surface area contributed by atoms with Gasteiger partial charge in [-0.25, -0.2) is 0 Å². The maximum absolute atomic E-state index is 11.2. The Bertz CT molecular complexity index is 534. The first-order chi connectivity index (χ1) is 9.65. The summed E-state index contributed by atoms with van der Waals surface area (Å²) in [6.07, 6.45) is 1.66. The topological polar surface area (TPSA) is 59.0 Å². The monoisotopic (exact) mass is 341 g/mol. The highest BCUT2D eigenvalue weighted by Crippen LogP contribution is 2.39. The van der Waals surface area contributed by atoms with E-state index in [0.29, 0.717) is 19.8 Å². The van der Waals surface area contributed by atoms with E-state index in [1.165, 1.54) is 0 Å². The molecule has 1 unspecified atom stereocenters. The van der Waals surface area contributed by atoms with Crippen molar-refractivity contribution in [2.24, 2.45) is 0 Å². The van der Waals surface area contributed by atoms with Crippen molar-refractivity contribution in [3.8, 4) is 11.5 Å². The summed E-state index contributed by atoms with van der Waals surface area (Å²) < 4.78 is 12.0. The van der Waals surface area contributed by atoms with Crippen molar-refractivity contribution in [1.82, 2.24) is 4.90 Å². The highest BCUT2D eigenvalue weighted by Gasteiger charge is 2.30. The number of hydrogen-bond acceptors (Lipinski definition) is 4. The number of aliphatic carboxylic acids is 1. The number of carboxylic acid groups (broad SMARTS) is 1. The van der Waals surface area contributed by atoms with Crippen molar-refractivity contribution >= 4 is 21.9 Å². The Morgan fingerprint density at radius 2 is 2.20 bits per heavy atom. The second-order valence-electron chi connectivity index (χ2n) is 5.07.